The van der Waals surface area contributed by atoms with Gasteiger partial charge in [0, 0.05) is 17.9 Å². The topological polar surface area (TPSA) is 43.3 Å². The van der Waals surface area contributed by atoms with E-state index in [1.807, 2.05) is 19.9 Å². The molecular weight excluding hydrogens is 306 g/mol. The predicted octanol–water partition coefficient (Wildman–Crippen LogP) is 4.69. The highest BCUT2D eigenvalue weighted by molar-refractivity contribution is 7.98. The Morgan fingerprint density at radius 2 is 1.78 bits per heavy atom. The third-order valence-electron chi connectivity index (χ3n) is 3.94. The van der Waals surface area contributed by atoms with Gasteiger partial charge in [-0.15, -0.1) is 10.2 Å². The number of aromatic nitrogens is 3. The Hall–Kier alpha value is -2.27. The fraction of sp³-hybridized carbons (Fsp3) is 0.222. The molecule has 0 bridgehead atoms. The van der Waals surface area contributed by atoms with Gasteiger partial charge in [-0.05, 0) is 26.3 Å². The zero-order chi connectivity index (χ0) is 16.0. The van der Waals surface area contributed by atoms with Crippen LogP contribution in [0.2, 0.25) is 0 Å². The van der Waals surface area contributed by atoms with Gasteiger partial charge in [0.25, 0.3) is 0 Å². The molecule has 0 atom stereocenters. The van der Waals surface area contributed by atoms with Crippen LogP contribution in [0.5, 0.6) is 0 Å². The molecule has 0 N–H and O–H groups in total. The molecule has 0 spiro atoms. The van der Waals surface area contributed by atoms with Crippen molar-refractivity contribution in [3.63, 3.8) is 0 Å². The minimum Gasteiger partial charge on any atom is -0.460 e. The van der Waals surface area contributed by atoms with Crippen molar-refractivity contribution in [1.82, 2.24) is 14.6 Å². The van der Waals surface area contributed by atoms with E-state index in [-0.39, 0.29) is 0 Å². The van der Waals surface area contributed by atoms with Gasteiger partial charge in [0.1, 0.15) is 16.6 Å². The van der Waals surface area contributed by atoms with Crippen LogP contribution in [0.15, 0.2) is 45.8 Å². The SMILES string of the molecule is Cc1ccc(CSc2nnc(C)n3c2cc2oc(C)cc23)cc1. The van der Waals surface area contributed by atoms with Crippen molar-refractivity contribution in [3.05, 3.63) is 59.1 Å². The largest absolute Gasteiger partial charge is 0.460 e. The number of benzene rings is 1. The zero-order valence-corrected chi connectivity index (χ0v) is 14.1. The van der Waals surface area contributed by atoms with E-state index in [2.05, 4.69) is 51.9 Å². The zero-order valence-electron chi connectivity index (χ0n) is 13.3. The molecule has 0 unspecified atom stereocenters. The normalized spacial score (nSPS) is 11.6. The summed E-state index contributed by atoms with van der Waals surface area (Å²) in [6.07, 6.45) is 0. The van der Waals surface area contributed by atoms with Gasteiger partial charge < -0.3 is 4.42 Å². The monoisotopic (exact) mass is 323 g/mol. The standard InChI is InChI=1S/C18H17N3OS/c1-11-4-6-14(7-5-11)10-23-18-16-9-17-15(8-12(2)22-17)21(16)13(3)19-20-18/h4-9H,10H2,1-3H3. The molecule has 0 amide bonds. The average Bonchev–Trinajstić information content (AvgIpc) is 3.04. The molecule has 5 heteroatoms. The number of aryl methyl sites for hydroxylation is 3. The fourth-order valence-corrected chi connectivity index (χ4v) is 3.67. The molecule has 0 aliphatic heterocycles. The number of rotatable bonds is 3. The number of nitrogens with zero attached hydrogens (tertiary/aromatic N) is 3. The van der Waals surface area contributed by atoms with E-state index in [1.54, 1.807) is 11.8 Å². The van der Waals surface area contributed by atoms with E-state index in [1.165, 1.54) is 11.1 Å². The maximum atomic E-state index is 5.75. The van der Waals surface area contributed by atoms with Crippen molar-refractivity contribution in [2.75, 3.05) is 0 Å². The molecule has 23 heavy (non-hydrogen) atoms. The second-order valence-electron chi connectivity index (χ2n) is 5.80. The highest BCUT2D eigenvalue weighted by Crippen LogP contribution is 2.31. The summed E-state index contributed by atoms with van der Waals surface area (Å²) >= 11 is 1.70. The molecule has 116 valence electrons. The van der Waals surface area contributed by atoms with E-state index >= 15 is 0 Å². The van der Waals surface area contributed by atoms with Crippen molar-refractivity contribution < 1.29 is 4.42 Å². The quantitative estimate of drug-likeness (QED) is 0.513. The van der Waals surface area contributed by atoms with Crippen LogP contribution < -0.4 is 0 Å². The van der Waals surface area contributed by atoms with Crippen LogP contribution >= 0.6 is 11.8 Å². The molecule has 3 aromatic heterocycles. The summed E-state index contributed by atoms with van der Waals surface area (Å²) < 4.78 is 7.87. The first-order chi connectivity index (χ1) is 11.1. The Bertz CT molecular complexity index is 999. The molecule has 4 aromatic rings. The van der Waals surface area contributed by atoms with Crippen LogP contribution in [-0.2, 0) is 5.75 Å². The summed E-state index contributed by atoms with van der Waals surface area (Å²) in [7, 11) is 0. The summed E-state index contributed by atoms with van der Waals surface area (Å²) in [4.78, 5) is 0. The smallest absolute Gasteiger partial charge is 0.153 e. The molecule has 4 rings (SSSR count). The number of fused-ring (bicyclic) bond motifs is 3. The average molecular weight is 323 g/mol. The van der Waals surface area contributed by atoms with Gasteiger partial charge in [-0.2, -0.15) is 0 Å². The lowest BCUT2D eigenvalue weighted by atomic mass is 10.2. The minimum absolute atomic E-state index is 0.871. The van der Waals surface area contributed by atoms with Crippen LogP contribution in [0, 0.1) is 20.8 Å². The lowest BCUT2D eigenvalue weighted by molar-refractivity contribution is 0.579. The molecule has 3 heterocycles. The van der Waals surface area contributed by atoms with E-state index in [9.17, 15) is 0 Å². The van der Waals surface area contributed by atoms with E-state index in [0.717, 1.165) is 39.0 Å². The first-order valence-electron chi connectivity index (χ1n) is 7.55. The number of thioether (sulfide) groups is 1. The highest BCUT2D eigenvalue weighted by atomic mass is 32.2. The molecule has 1 aromatic carbocycles. The summed E-state index contributed by atoms with van der Waals surface area (Å²) in [5.74, 6) is 2.66. The van der Waals surface area contributed by atoms with Gasteiger partial charge in [-0.1, -0.05) is 41.6 Å². The number of hydrogen-bond donors (Lipinski definition) is 0. The molecular formula is C18H17N3OS. The maximum absolute atomic E-state index is 5.75. The lowest BCUT2D eigenvalue weighted by Crippen LogP contribution is -1.99. The third-order valence-corrected chi connectivity index (χ3v) is 4.98. The van der Waals surface area contributed by atoms with E-state index in [0.29, 0.717) is 0 Å². The maximum Gasteiger partial charge on any atom is 0.153 e. The second-order valence-corrected chi connectivity index (χ2v) is 6.76. The van der Waals surface area contributed by atoms with Crippen molar-refractivity contribution in [2.45, 2.75) is 31.6 Å². The second kappa shape index (κ2) is 5.42. The van der Waals surface area contributed by atoms with Crippen LogP contribution in [0.3, 0.4) is 0 Å². The van der Waals surface area contributed by atoms with Crippen LogP contribution in [0.25, 0.3) is 16.6 Å². The van der Waals surface area contributed by atoms with Gasteiger partial charge in [0.2, 0.25) is 0 Å². The van der Waals surface area contributed by atoms with Crippen molar-refractivity contribution in [2.24, 2.45) is 0 Å². The van der Waals surface area contributed by atoms with Gasteiger partial charge in [-0.3, -0.25) is 4.40 Å². The minimum atomic E-state index is 0.871. The summed E-state index contributed by atoms with van der Waals surface area (Å²) in [5.41, 5.74) is 5.56. The number of hydrogen-bond acceptors (Lipinski definition) is 4. The van der Waals surface area contributed by atoms with E-state index in [4.69, 9.17) is 4.42 Å². The Kier molecular flexibility index (Phi) is 3.38. The van der Waals surface area contributed by atoms with Gasteiger partial charge in [0.05, 0.1) is 11.0 Å². The Morgan fingerprint density at radius 3 is 2.57 bits per heavy atom. The Morgan fingerprint density at radius 1 is 1.00 bits per heavy atom. The third kappa shape index (κ3) is 2.51. The van der Waals surface area contributed by atoms with Crippen molar-refractivity contribution >= 4 is 28.4 Å². The number of furan rings is 1. The molecule has 0 fully saturated rings. The molecule has 0 saturated carbocycles. The Labute approximate surface area is 138 Å². The summed E-state index contributed by atoms with van der Waals surface area (Å²) in [6.45, 7) is 6.03. The lowest BCUT2D eigenvalue weighted by Gasteiger charge is -2.06. The first-order valence-corrected chi connectivity index (χ1v) is 8.53. The van der Waals surface area contributed by atoms with Crippen LogP contribution in [0.4, 0.5) is 0 Å². The highest BCUT2D eigenvalue weighted by Gasteiger charge is 2.14. The molecule has 4 nitrogen and oxygen atoms in total. The van der Waals surface area contributed by atoms with Crippen molar-refractivity contribution in [3.8, 4) is 0 Å². The molecule has 0 aliphatic carbocycles. The van der Waals surface area contributed by atoms with Gasteiger partial charge in [-0.25, -0.2) is 0 Å². The first kappa shape index (κ1) is 14.3. The van der Waals surface area contributed by atoms with Crippen LogP contribution in [-0.4, -0.2) is 14.6 Å². The summed E-state index contributed by atoms with van der Waals surface area (Å²) in [6, 6.07) is 12.7. The Balaban J connectivity index is 1.73. The van der Waals surface area contributed by atoms with E-state index < -0.39 is 0 Å². The van der Waals surface area contributed by atoms with Crippen LogP contribution in [0.1, 0.15) is 22.7 Å². The van der Waals surface area contributed by atoms with Gasteiger partial charge in [0.15, 0.2) is 5.58 Å². The fourth-order valence-electron chi connectivity index (χ4n) is 2.77. The van der Waals surface area contributed by atoms with Crippen molar-refractivity contribution in [1.29, 1.82) is 0 Å². The predicted molar refractivity (Wildman–Crippen MR) is 93.0 cm³/mol. The molecule has 0 saturated heterocycles. The molecule has 0 radical (unpaired) electrons. The van der Waals surface area contributed by atoms with Gasteiger partial charge >= 0.3 is 0 Å². The molecule has 0 aliphatic rings. The summed E-state index contributed by atoms with van der Waals surface area (Å²) in [5, 5.41) is 9.63.